The number of aliphatic hydroxyl groups excluding tert-OH is 1. The molecule has 0 radical (unpaired) electrons. The van der Waals surface area contributed by atoms with Gasteiger partial charge in [0.25, 0.3) is 0 Å². The fraction of sp³-hybridized carbons (Fsp3) is 1.00. The zero-order chi connectivity index (χ0) is 11.9. The van der Waals surface area contributed by atoms with Crippen LogP contribution < -0.4 is 0 Å². The lowest BCUT2D eigenvalue weighted by Gasteiger charge is -2.30. The van der Waals surface area contributed by atoms with Gasteiger partial charge >= 0.3 is 8.56 Å². The van der Waals surface area contributed by atoms with Crippen molar-refractivity contribution in [1.82, 2.24) is 0 Å². The Kier molecular flexibility index (Phi) is 6.89. The molecule has 1 N–H and O–H groups in total. The minimum atomic E-state index is -2.01. The first-order valence-corrected chi connectivity index (χ1v) is 10.3. The maximum Gasteiger partial charge on any atom is 0.334 e. The average molecular weight is 252 g/mol. The van der Waals surface area contributed by atoms with E-state index in [-0.39, 0.29) is 6.23 Å². The molecule has 1 unspecified atom stereocenters. The first-order chi connectivity index (χ1) is 7.01. The summed E-state index contributed by atoms with van der Waals surface area (Å²) in [4.78, 5) is 0. The van der Waals surface area contributed by atoms with Gasteiger partial charge in [-0.15, -0.1) is 0 Å². The molecule has 0 amide bonds. The predicted octanol–water partition coefficient (Wildman–Crippen LogP) is 1.49. The molecule has 0 fully saturated rings. The first-order valence-electron chi connectivity index (χ1n) is 5.27. The van der Waals surface area contributed by atoms with Crippen LogP contribution in [0.1, 0.15) is 6.92 Å². The second-order valence-corrected chi connectivity index (χ2v) is 11.8. The third-order valence-electron chi connectivity index (χ3n) is 3.26. The second kappa shape index (κ2) is 6.77. The van der Waals surface area contributed by atoms with Gasteiger partial charge in [-0.05, 0) is 24.7 Å². The highest BCUT2D eigenvalue weighted by Crippen LogP contribution is 2.24. The van der Waals surface area contributed by atoms with Crippen molar-refractivity contribution >= 4 is 16.9 Å². The normalized spacial score (nSPS) is 16.4. The zero-order valence-electron chi connectivity index (χ0n) is 10.5. The lowest BCUT2D eigenvalue weighted by Crippen LogP contribution is -2.45. The summed E-state index contributed by atoms with van der Waals surface area (Å²) < 4.78 is 16.4. The Morgan fingerprint density at radius 1 is 1.00 bits per heavy atom. The summed E-state index contributed by atoms with van der Waals surface area (Å²) in [5.41, 5.74) is 0. The van der Waals surface area contributed by atoms with Gasteiger partial charge in [0, 0.05) is 21.3 Å². The Morgan fingerprint density at radius 2 is 1.53 bits per heavy atom. The van der Waals surface area contributed by atoms with Crippen molar-refractivity contribution < 1.29 is 18.4 Å². The Morgan fingerprint density at radius 3 is 1.80 bits per heavy atom. The molecule has 6 heteroatoms. The lowest BCUT2D eigenvalue weighted by molar-refractivity contribution is 0.248. The lowest BCUT2D eigenvalue weighted by atomic mass is 10.9. The van der Waals surface area contributed by atoms with Crippen molar-refractivity contribution in [2.24, 2.45) is 0 Å². The Hall–Kier alpha value is 0.274. The Bertz CT molecular complexity index is 161. The van der Waals surface area contributed by atoms with Crippen LogP contribution in [-0.2, 0) is 13.3 Å². The van der Waals surface area contributed by atoms with Gasteiger partial charge in [0.15, 0.2) is 0 Å². The number of aliphatic hydroxyl groups is 1. The van der Waals surface area contributed by atoms with Crippen LogP contribution in [0.3, 0.4) is 0 Å². The van der Waals surface area contributed by atoms with Crippen LogP contribution in [0.2, 0.25) is 24.7 Å². The van der Waals surface area contributed by atoms with Crippen LogP contribution in [0.25, 0.3) is 0 Å². The Labute approximate surface area is 94.9 Å². The van der Waals surface area contributed by atoms with Crippen molar-refractivity contribution in [1.29, 1.82) is 0 Å². The molecule has 0 aromatic carbocycles. The van der Waals surface area contributed by atoms with Gasteiger partial charge in [0.2, 0.25) is 8.32 Å². The van der Waals surface area contributed by atoms with Crippen molar-refractivity contribution in [3.63, 3.8) is 0 Å². The van der Waals surface area contributed by atoms with Gasteiger partial charge in [0.1, 0.15) is 0 Å². The highest BCUT2D eigenvalue weighted by molar-refractivity contribution is 6.76. The molecule has 0 aromatic rings. The largest absolute Gasteiger partial charge is 0.418 e. The Balaban J connectivity index is 4.32. The van der Waals surface area contributed by atoms with Gasteiger partial charge in [0.05, 0.1) is 6.23 Å². The first kappa shape index (κ1) is 15.3. The summed E-state index contributed by atoms with van der Waals surface area (Å²) in [5, 5.41) is 9.39. The molecular formula is C9H24O4Si2. The van der Waals surface area contributed by atoms with E-state index in [9.17, 15) is 5.11 Å². The van der Waals surface area contributed by atoms with E-state index >= 15 is 0 Å². The predicted molar refractivity (Wildman–Crippen MR) is 65.6 cm³/mol. The molecule has 0 aliphatic rings. The maximum atomic E-state index is 9.39. The third kappa shape index (κ3) is 4.33. The fourth-order valence-electron chi connectivity index (χ4n) is 1.42. The van der Waals surface area contributed by atoms with Crippen LogP contribution in [0.15, 0.2) is 0 Å². The van der Waals surface area contributed by atoms with Crippen LogP contribution in [-0.4, -0.2) is 49.5 Å². The van der Waals surface area contributed by atoms with E-state index in [4.69, 9.17) is 13.3 Å². The average Bonchev–Trinajstić information content (AvgIpc) is 2.31. The molecule has 0 spiro atoms. The summed E-state index contributed by atoms with van der Waals surface area (Å²) in [7, 11) is 1.14. The molecule has 0 aromatic heterocycles. The molecule has 92 valence electrons. The molecule has 1 atom stereocenters. The van der Waals surface area contributed by atoms with Crippen molar-refractivity contribution in [3.05, 3.63) is 0 Å². The number of hydrogen-bond donors (Lipinski definition) is 1. The van der Waals surface area contributed by atoms with Gasteiger partial charge in [-0.25, -0.2) is 0 Å². The highest BCUT2D eigenvalue weighted by Gasteiger charge is 2.37. The number of rotatable bonds is 8. The molecule has 0 heterocycles. The van der Waals surface area contributed by atoms with Crippen LogP contribution in [0, 0.1) is 0 Å². The van der Waals surface area contributed by atoms with Gasteiger partial charge in [-0.2, -0.15) is 0 Å². The molecule has 0 rings (SSSR count). The van der Waals surface area contributed by atoms with E-state index in [1.165, 1.54) is 0 Å². The minimum absolute atomic E-state index is 0.178. The molecule has 4 nitrogen and oxygen atoms in total. The molecular weight excluding hydrogens is 228 g/mol. The van der Waals surface area contributed by atoms with Crippen LogP contribution in [0.5, 0.6) is 0 Å². The summed E-state index contributed by atoms with van der Waals surface area (Å²) in [5.74, 6) is 0. The van der Waals surface area contributed by atoms with E-state index in [2.05, 4.69) is 6.92 Å². The summed E-state index contributed by atoms with van der Waals surface area (Å²) >= 11 is 0. The molecule has 0 bridgehead atoms. The summed E-state index contributed by atoms with van der Waals surface area (Å²) in [6, 6.07) is 2.72. The van der Waals surface area contributed by atoms with Crippen molar-refractivity contribution in [2.75, 3.05) is 27.6 Å². The second-order valence-electron chi connectivity index (χ2n) is 3.94. The molecule has 0 saturated carbocycles. The molecule has 0 aliphatic carbocycles. The third-order valence-corrected chi connectivity index (χ3v) is 10.5. The fourth-order valence-corrected chi connectivity index (χ4v) is 6.99. The van der Waals surface area contributed by atoms with E-state index in [0.717, 1.165) is 18.1 Å². The van der Waals surface area contributed by atoms with E-state index in [1.807, 2.05) is 6.55 Å². The topological polar surface area (TPSA) is 47.9 Å². The molecule has 0 saturated heterocycles. The van der Waals surface area contributed by atoms with Gasteiger partial charge < -0.3 is 18.4 Å². The van der Waals surface area contributed by atoms with Crippen molar-refractivity contribution in [2.45, 2.75) is 31.6 Å². The van der Waals surface area contributed by atoms with E-state index in [0.29, 0.717) is 0 Å². The van der Waals surface area contributed by atoms with E-state index < -0.39 is 16.9 Å². The molecule has 15 heavy (non-hydrogen) atoms. The number of hydrogen-bond acceptors (Lipinski definition) is 4. The smallest absolute Gasteiger partial charge is 0.334 e. The quantitative estimate of drug-likeness (QED) is 0.665. The molecule has 0 aliphatic heterocycles. The van der Waals surface area contributed by atoms with Crippen LogP contribution in [0.4, 0.5) is 0 Å². The zero-order valence-corrected chi connectivity index (χ0v) is 12.5. The summed E-state index contributed by atoms with van der Waals surface area (Å²) in [6.07, 6.45) is 0.178. The van der Waals surface area contributed by atoms with Gasteiger partial charge in [-0.3, -0.25) is 0 Å². The van der Waals surface area contributed by atoms with Crippen molar-refractivity contribution in [3.8, 4) is 0 Å². The van der Waals surface area contributed by atoms with Crippen LogP contribution >= 0.6 is 0 Å². The highest BCUT2D eigenvalue weighted by atomic mass is 28.4. The van der Waals surface area contributed by atoms with E-state index in [1.54, 1.807) is 21.3 Å². The maximum absolute atomic E-state index is 9.39. The van der Waals surface area contributed by atoms with Gasteiger partial charge in [-0.1, -0.05) is 6.92 Å². The minimum Gasteiger partial charge on any atom is -0.418 e. The monoisotopic (exact) mass is 252 g/mol. The SMILES string of the molecule is CC[Si](CO)(CC[Si](C)(OC)OC)OC. The summed E-state index contributed by atoms with van der Waals surface area (Å²) in [6.45, 7) is 4.11. The standard InChI is InChI=1S/C9H24O4Si2/c1-6-15(9-10,13-4)8-7-14(5,11-2)12-3/h10H,6-9H2,1-5H3.